The topological polar surface area (TPSA) is 69.8 Å². The molecule has 0 radical (unpaired) electrons. The van der Waals surface area contributed by atoms with E-state index in [2.05, 4.69) is 20.6 Å². The Kier molecular flexibility index (Phi) is 4.69. The van der Waals surface area contributed by atoms with E-state index in [1.165, 1.54) is 0 Å². The molecule has 5 nitrogen and oxygen atoms in total. The average molecular weight is 306 g/mol. The van der Waals surface area contributed by atoms with Crippen molar-refractivity contribution in [2.24, 2.45) is 0 Å². The fourth-order valence-corrected chi connectivity index (χ4v) is 2.28. The smallest absolute Gasteiger partial charge is 0.272 e. The van der Waals surface area contributed by atoms with Crippen molar-refractivity contribution < 1.29 is 4.79 Å². The zero-order chi connectivity index (χ0) is 15.9. The molecule has 2 heterocycles. The number of aromatic nitrogens is 2. The number of amides is 1. The summed E-state index contributed by atoms with van der Waals surface area (Å²) in [5.74, 6) is -0.158. The number of anilines is 2. The third kappa shape index (κ3) is 3.97. The van der Waals surface area contributed by atoms with Crippen LogP contribution in [0.3, 0.4) is 0 Å². The van der Waals surface area contributed by atoms with Gasteiger partial charge in [0, 0.05) is 31.1 Å². The Balaban J connectivity index is 1.62. The third-order valence-corrected chi connectivity index (χ3v) is 3.44. The van der Waals surface area contributed by atoms with Gasteiger partial charge in [-0.05, 0) is 36.4 Å². The van der Waals surface area contributed by atoms with Gasteiger partial charge in [0.25, 0.3) is 5.91 Å². The summed E-state index contributed by atoms with van der Waals surface area (Å²) < 4.78 is 0. The van der Waals surface area contributed by atoms with Crippen molar-refractivity contribution in [1.29, 1.82) is 0 Å². The minimum Gasteiger partial charge on any atom is -0.383 e. The van der Waals surface area contributed by atoms with Crippen molar-refractivity contribution in [3.05, 3.63) is 78.4 Å². The molecule has 116 valence electrons. The number of aromatic amines is 1. The Hall–Kier alpha value is -3.08. The summed E-state index contributed by atoms with van der Waals surface area (Å²) in [6, 6.07) is 17.1. The van der Waals surface area contributed by atoms with Gasteiger partial charge in [0.1, 0.15) is 5.69 Å². The predicted octanol–water partition coefficient (Wildman–Crippen LogP) is 3.32. The molecule has 1 amide bonds. The number of para-hydroxylation sites is 2. The molecule has 0 aliphatic carbocycles. The minimum atomic E-state index is -0.158. The van der Waals surface area contributed by atoms with Gasteiger partial charge in [0.05, 0.1) is 11.4 Å². The molecule has 3 aromatic rings. The van der Waals surface area contributed by atoms with Gasteiger partial charge in [-0.3, -0.25) is 9.78 Å². The molecule has 1 aromatic carbocycles. The van der Waals surface area contributed by atoms with Crippen LogP contribution in [-0.4, -0.2) is 22.4 Å². The Bertz CT molecular complexity index is 754. The Morgan fingerprint density at radius 3 is 2.57 bits per heavy atom. The van der Waals surface area contributed by atoms with Gasteiger partial charge >= 0.3 is 0 Å². The van der Waals surface area contributed by atoms with Crippen molar-refractivity contribution in [2.45, 2.75) is 6.42 Å². The van der Waals surface area contributed by atoms with E-state index in [0.717, 1.165) is 30.0 Å². The van der Waals surface area contributed by atoms with E-state index < -0.39 is 0 Å². The number of pyridine rings is 1. The summed E-state index contributed by atoms with van der Waals surface area (Å²) in [4.78, 5) is 19.3. The summed E-state index contributed by atoms with van der Waals surface area (Å²) in [6.07, 6.45) is 4.34. The molecule has 0 spiro atoms. The first-order valence-electron chi connectivity index (χ1n) is 7.50. The lowest BCUT2D eigenvalue weighted by atomic mass is 10.2. The van der Waals surface area contributed by atoms with Crippen molar-refractivity contribution in [1.82, 2.24) is 9.97 Å². The SMILES string of the molecule is O=C(Nc1ccccc1NCCc1ccccn1)c1ccc[nH]1. The van der Waals surface area contributed by atoms with Crippen molar-refractivity contribution in [3.63, 3.8) is 0 Å². The highest BCUT2D eigenvalue weighted by molar-refractivity contribution is 6.04. The summed E-state index contributed by atoms with van der Waals surface area (Å²) in [5.41, 5.74) is 3.22. The van der Waals surface area contributed by atoms with Crippen LogP contribution in [0.15, 0.2) is 67.0 Å². The lowest BCUT2D eigenvalue weighted by molar-refractivity contribution is 0.102. The van der Waals surface area contributed by atoms with Crippen LogP contribution in [0, 0.1) is 0 Å². The first kappa shape index (κ1) is 14.8. The second-order valence-electron chi connectivity index (χ2n) is 5.08. The van der Waals surface area contributed by atoms with E-state index in [1.807, 2.05) is 42.5 Å². The van der Waals surface area contributed by atoms with Crippen LogP contribution in [0.4, 0.5) is 11.4 Å². The molecule has 0 aliphatic rings. The van der Waals surface area contributed by atoms with E-state index >= 15 is 0 Å². The van der Waals surface area contributed by atoms with Crippen LogP contribution in [0.1, 0.15) is 16.2 Å². The van der Waals surface area contributed by atoms with Crippen LogP contribution in [-0.2, 0) is 6.42 Å². The number of nitrogens with one attached hydrogen (secondary N) is 3. The quantitative estimate of drug-likeness (QED) is 0.654. The number of carbonyl (C=O) groups excluding carboxylic acids is 1. The molecule has 3 N–H and O–H groups in total. The van der Waals surface area contributed by atoms with Crippen molar-refractivity contribution >= 4 is 17.3 Å². The van der Waals surface area contributed by atoms with Gasteiger partial charge in [-0.1, -0.05) is 18.2 Å². The summed E-state index contributed by atoms with van der Waals surface area (Å²) in [5, 5.41) is 6.26. The van der Waals surface area contributed by atoms with Crippen LogP contribution >= 0.6 is 0 Å². The van der Waals surface area contributed by atoms with Crippen molar-refractivity contribution in [3.8, 4) is 0 Å². The molecule has 0 atom stereocenters. The van der Waals surface area contributed by atoms with Gasteiger partial charge in [0.15, 0.2) is 0 Å². The molecule has 3 rings (SSSR count). The largest absolute Gasteiger partial charge is 0.383 e. The van der Waals surface area contributed by atoms with Gasteiger partial charge < -0.3 is 15.6 Å². The molecule has 2 aromatic heterocycles. The maximum absolute atomic E-state index is 12.1. The maximum Gasteiger partial charge on any atom is 0.272 e. The average Bonchev–Trinajstić information content (AvgIpc) is 3.12. The Morgan fingerprint density at radius 1 is 1.00 bits per heavy atom. The van der Waals surface area contributed by atoms with E-state index in [4.69, 9.17) is 0 Å². The molecule has 0 unspecified atom stereocenters. The van der Waals surface area contributed by atoms with Crippen LogP contribution < -0.4 is 10.6 Å². The maximum atomic E-state index is 12.1. The predicted molar refractivity (Wildman–Crippen MR) is 91.6 cm³/mol. The minimum absolute atomic E-state index is 0.158. The monoisotopic (exact) mass is 306 g/mol. The van der Waals surface area contributed by atoms with Crippen LogP contribution in [0.2, 0.25) is 0 Å². The summed E-state index contributed by atoms with van der Waals surface area (Å²) >= 11 is 0. The van der Waals surface area contributed by atoms with Gasteiger partial charge in [0.2, 0.25) is 0 Å². The summed E-state index contributed by atoms with van der Waals surface area (Å²) in [7, 11) is 0. The number of nitrogens with zero attached hydrogens (tertiary/aromatic N) is 1. The van der Waals surface area contributed by atoms with E-state index in [9.17, 15) is 4.79 Å². The van der Waals surface area contributed by atoms with Gasteiger partial charge in [-0.25, -0.2) is 0 Å². The van der Waals surface area contributed by atoms with Gasteiger partial charge in [-0.15, -0.1) is 0 Å². The van der Waals surface area contributed by atoms with Gasteiger partial charge in [-0.2, -0.15) is 0 Å². The molecular formula is C18H18N4O. The normalized spacial score (nSPS) is 10.3. The zero-order valence-electron chi connectivity index (χ0n) is 12.6. The fourth-order valence-electron chi connectivity index (χ4n) is 2.28. The highest BCUT2D eigenvalue weighted by Gasteiger charge is 2.09. The third-order valence-electron chi connectivity index (χ3n) is 3.44. The van der Waals surface area contributed by atoms with E-state index in [1.54, 1.807) is 24.5 Å². The molecule has 5 heteroatoms. The number of benzene rings is 1. The number of hydrogen-bond acceptors (Lipinski definition) is 3. The van der Waals surface area contributed by atoms with Crippen LogP contribution in [0.5, 0.6) is 0 Å². The standard InChI is InChI=1S/C18H18N4O/c23-18(17-9-5-12-20-17)22-16-8-2-1-7-15(16)21-13-10-14-6-3-4-11-19-14/h1-9,11-12,20-21H,10,13H2,(H,22,23). The second-order valence-corrected chi connectivity index (χ2v) is 5.08. The molecule has 23 heavy (non-hydrogen) atoms. The lowest BCUT2D eigenvalue weighted by Crippen LogP contribution is -2.14. The first-order chi connectivity index (χ1) is 11.3. The van der Waals surface area contributed by atoms with Crippen LogP contribution in [0.25, 0.3) is 0 Å². The Morgan fingerprint density at radius 2 is 1.83 bits per heavy atom. The molecule has 0 aliphatic heterocycles. The highest BCUT2D eigenvalue weighted by atomic mass is 16.1. The fraction of sp³-hybridized carbons (Fsp3) is 0.111. The number of H-pyrrole nitrogens is 1. The first-order valence-corrected chi connectivity index (χ1v) is 7.50. The molecule has 0 bridgehead atoms. The molecular weight excluding hydrogens is 288 g/mol. The van der Waals surface area contributed by atoms with E-state index in [0.29, 0.717) is 5.69 Å². The van der Waals surface area contributed by atoms with Crippen molar-refractivity contribution in [2.75, 3.05) is 17.2 Å². The molecule has 0 saturated heterocycles. The molecule has 0 fully saturated rings. The zero-order valence-corrected chi connectivity index (χ0v) is 12.6. The Labute approximate surface area is 134 Å². The number of hydrogen-bond donors (Lipinski definition) is 3. The number of rotatable bonds is 6. The van der Waals surface area contributed by atoms with E-state index in [-0.39, 0.29) is 5.91 Å². The second kappa shape index (κ2) is 7.26. The lowest BCUT2D eigenvalue weighted by Gasteiger charge is -2.12. The highest BCUT2D eigenvalue weighted by Crippen LogP contribution is 2.21. The summed E-state index contributed by atoms with van der Waals surface area (Å²) in [6.45, 7) is 0.742. The number of carbonyl (C=O) groups is 1. The molecule has 0 saturated carbocycles.